The summed E-state index contributed by atoms with van der Waals surface area (Å²) in [7, 11) is 0. The molecule has 5 nitrogen and oxygen atoms in total. The van der Waals surface area contributed by atoms with Crippen molar-refractivity contribution >= 4 is 27.6 Å². The molecule has 1 aromatic heterocycles. The Kier molecular flexibility index (Phi) is 4.40. The highest BCUT2D eigenvalue weighted by Gasteiger charge is 2.42. The number of carbonyl (C=O) groups is 1. The van der Waals surface area contributed by atoms with Gasteiger partial charge in [0.1, 0.15) is 0 Å². The van der Waals surface area contributed by atoms with Gasteiger partial charge in [-0.2, -0.15) is 0 Å². The van der Waals surface area contributed by atoms with E-state index in [9.17, 15) is 15.0 Å². The fraction of sp³-hybridized carbons (Fsp3) is 0.647. The molecule has 2 heterocycles. The van der Waals surface area contributed by atoms with Crippen molar-refractivity contribution in [2.45, 2.75) is 52.1 Å². The summed E-state index contributed by atoms with van der Waals surface area (Å²) in [5, 5.41) is 19.5. The van der Waals surface area contributed by atoms with E-state index in [-0.39, 0.29) is 0 Å². The lowest BCUT2D eigenvalue weighted by atomic mass is 9.86. The number of carboxylic acids is 1. The average Bonchev–Trinajstić information content (AvgIpc) is 3.12. The highest BCUT2D eigenvalue weighted by Crippen LogP contribution is 2.49. The molecule has 0 amide bonds. The Morgan fingerprint density at radius 3 is 2.52 bits per heavy atom. The first-order valence-corrected chi connectivity index (χ1v) is 8.96. The van der Waals surface area contributed by atoms with Crippen LogP contribution < -0.4 is 4.90 Å². The summed E-state index contributed by atoms with van der Waals surface area (Å²) in [6.45, 7) is 5.51. The smallest absolute Gasteiger partial charge is 0.337 e. The first kappa shape index (κ1) is 16.7. The van der Waals surface area contributed by atoms with Crippen LogP contribution in [0.25, 0.3) is 0 Å². The Morgan fingerprint density at radius 1 is 1.26 bits per heavy atom. The van der Waals surface area contributed by atoms with E-state index in [2.05, 4.69) is 25.8 Å². The van der Waals surface area contributed by atoms with Crippen LogP contribution in [0.1, 0.15) is 55.2 Å². The lowest BCUT2D eigenvalue weighted by Crippen LogP contribution is -2.28. The van der Waals surface area contributed by atoms with E-state index in [1.807, 2.05) is 6.92 Å². The predicted molar refractivity (Wildman–Crippen MR) is 91.7 cm³/mol. The molecule has 3 rings (SSSR count). The molecule has 23 heavy (non-hydrogen) atoms. The summed E-state index contributed by atoms with van der Waals surface area (Å²) >= 11 is 3.58. The topological polar surface area (TPSA) is 73.7 Å². The summed E-state index contributed by atoms with van der Waals surface area (Å²) in [5.74, 6) is -1.23. The fourth-order valence-corrected chi connectivity index (χ4v) is 4.79. The van der Waals surface area contributed by atoms with Crippen molar-refractivity contribution in [1.29, 1.82) is 0 Å². The molecule has 1 aliphatic carbocycles. The number of halogens is 1. The third kappa shape index (κ3) is 2.87. The monoisotopic (exact) mass is 382 g/mol. The van der Waals surface area contributed by atoms with E-state index in [0.29, 0.717) is 16.7 Å². The first-order valence-electron chi connectivity index (χ1n) is 8.17. The van der Waals surface area contributed by atoms with Crippen LogP contribution in [0.15, 0.2) is 4.47 Å². The molecule has 1 saturated heterocycles. The van der Waals surface area contributed by atoms with Crippen molar-refractivity contribution in [2.75, 3.05) is 18.0 Å². The molecule has 6 heteroatoms. The minimum atomic E-state index is -1.55. The number of carboxylic acid groups (broad SMARTS) is 1. The van der Waals surface area contributed by atoms with Gasteiger partial charge in [-0.1, -0.05) is 12.8 Å². The Hall–Kier alpha value is -1.14. The molecule has 2 fully saturated rings. The van der Waals surface area contributed by atoms with Crippen LogP contribution in [-0.2, 0) is 4.79 Å². The van der Waals surface area contributed by atoms with Gasteiger partial charge in [0.05, 0.1) is 15.9 Å². The molecule has 126 valence electrons. The highest BCUT2D eigenvalue weighted by atomic mass is 79.9. The molecule has 1 atom stereocenters. The number of hydrogen-bond donors (Lipinski definition) is 2. The molecule has 0 aromatic carbocycles. The van der Waals surface area contributed by atoms with Crippen LogP contribution in [0.2, 0.25) is 0 Å². The molecule has 1 spiro atoms. The zero-order chi connectivity index (χ0) is 16.8. The maximum absolute atomic E-state index is 11.4. The van der Waals surface area contributed by atoms with Gasteiger partial charge in [0.2, 0.25) is 0 Å². The van der Waals surface area contributed by atoms with Gasteiger partial charge in [0.15, 0.2) is 6.10 Å². The van der Waals surface area contributed by atoms with Crippen molar-refractivity contribution in [3.8, 4) is 0 Å². The van der Waals surface area contributed by atoms with Crippen LogP contribution in [0.4, 0.5) is 5.69 Å². The zero-order valence-electron chi connectivity index (χ0n) is 13.6. The van der Waals surface area contributed by atoms with E-state index in [0.717, 1.165) is 35.4 Å². The zero-order valence-corrected chi connectivity index (χ0v) is 15.2. The molecule has 0 radical (unpaired) electrons. The summed E-state index contributed by atoms with van der Waals surface area (Å²) in [4.78, 5) is 18.0. The number of aliphatic hydroxyl groups excluding tert-OH is 1. The maximum Gasteiger partial charge on any atom is 0.337 e. The lowest BCUT2D eigenvalue weighted by molar-refractivity contribution is -0.147. The molecule has 1 aromatic rings. The lowest BCUT2D eigenvalue weighted by Gasteiger charge is -2.29. The van der Waals surface area contributed by atoms with Crippen molar-refractivity contribution in [2.24, 2.45) is 5.41 Å². The molecular weight excluding hydrogens is 360 g/mol. The quantitative estimate of drug-likeness (QED) is 0.838. The van der Waals surface area contributed by atoms with Crippen LogP contribution >= 0.6 is 15.9 Å². The van der Waals surface area contributed by atoms with Gasteiger partial charge in [0, 0.05) is 24.3 Å². The Morgan fingerprint density at radius 2 is 1.91 bits per heavy atom. The summed E-state index contributed by atoms with van der Waals surface area (Å²) in [6.07, 6.45) is 4.67. The van der Waals surface area contributed by atoms with E-state index in [1.165, 1.54) is 25.7 Å². The molecule has 0 bridgehead atoms. The number of aliphatic hydroxyl groups is 1. The van der Waals surface area contributed by atoms with Crippen LogP contribution in [-0.4, -0.2) is 34.3 Å². The van der Waals surface area contributed by atoms with Crippen molar-refractivity contribution in [3.63, 3.8) is 0 Å². The molecule has 2 aliphatic rings. The number of nitrogens with zero attached hydrogens (tertiary/aromatic N) is 2. The standard InChI is InChI=1S/C17H23BrN2O3/c1-10-12(15(21)16(22)23)14(13(18)11(2)19-10)20-8-7-17(9-20)5-3-4-6-17/h15,21H,3-9H2,1-2H3,(H,22,23). The highest BCUT2D eigenvalue weighted by molar-refractivity contribution is 9.10. The first-order chi connectivity index (χ1) is 10.8. The third-order valence-electron chi connectivity index (χ3n) is 5.43. The number of aryl methyl sites for hydroxylation is 2. The van der Waals surface area contributed by atoms with Crippen LogP contribution in [0, 0.1) is 19.3 Å². The predicted octanol–water partition coefficient (Wildman–Crippen LogP) is 3.35. The summed E-state index contributed by atoms with van der Waals surface area (Å²) in [5.41, 5.74) is 3.02. The molecule has 1 saturated carbocycles. The van der Waals surface area contributed by atoms with Gasteiger partial charge in [-0.05, 0) is 54.5 Å². The minimum Gasteiger partial charge on any atom is -0.479 e. The molecule has 1 unspecified atom stereocenters. The second-order valence-electron chi connectivity index (χ2n) is 6.98. The Bertz CT molecular complexity index is 641. The van der Waals surface area contributed by atoms with Crippen LogP contribution in [0.3, 0.4) is 0 Å². The number of anilines is 1. The molecule has 2 N–H and O–H groups in total. The van der Waals surface area contributed by atoms with Gasteiger partial charge in [-0.15, -0.1) is 0 Å². The summed E-state index contributed by atoms with van der Waals surface area (Å²) in [6, 6.07) is 0. The van der Waals surface area contributed by atoms with Crippen molar-refractivity contribution in [1.82, 2.24) is 4.98 Å². The van der Waals surface area contributed by atoms with Gasteiger partial charge < -0.3 is 15.1 Å². The van der Waals surface area contributed by atoms with Gasteiger partial charge >= 0.3 is 5.97 Å². The van der Waals surface area contributed by atoms with Crippen molar-refractivity contribution < 1.29 is 15.0 Å². The SMILES string of the molecule is Cc1nc(C)c(C(O)C(=O)O)c(N2CCC3(CCCC3)C2)c1Br. The van der Waals surface area contributed by atoms with Crippen molar-refractivity contribution in [3.05, 3.63) is 21.4 Å². The Balaban J connectivity index is 2.05. The summed E-state index contributed by atoms with van der Waals surface area (Å²) < 4.78 is 0.799. The largest absolute Gasteiger partial charge is 0.479 e. The third-order valence-corrected chi connectivity index (χ3v) is 6.38. The van der Waals surface area contributed by atoms with E-state index in [4.69, 9.17) is 0 Å². The van der Waals surface area contributed by atoms with E-state index in [1.54, 1.807) is 6.92 Å². The molecule has 1 aliphatic heterocycles. The number of aromatic nitrogens is 1. The fourth-order valence-electron chi connectivity index (χ4n) is 4.24. The minimum absolute atomic E-state index is 0.371. The second kappa shape index (κ2) is 6.06. The van der Waals surface area contributed by atoms with Gasteiger partial charge in [0.25, 0.3) is 0 Å². The van der Waals surface area contributed by atoms with E-state index < -0.39 is 12.1 Å². The van der Waals surface area contributed by atoms with E-state index >= 15 is 0 Å². The number of rotatable bonds is 3. The Labute approximate surface area is 144 Å². The number of hydrogen-bond acceptors (Lipinski definition) is 4. The van der Waals surface area contributed by atoms with Gasteiger partial charge in [-0.25, -0.2) is 4.79 Å². The normalized spacial score (nSPS) is 21.1. The van der Waals surface area contributed by atoms with Crippen LogP contribution in [0.5, 0.6) is 0 Å². The maximum atomic E-state index is 11.4. The molecular formula is C17H23BrN2O3. The number of pyridine rings is 1. The number of aliphatic carboxylic acids is 1. The van der Waals surface area contributed by atoms with Gasteiger partial charge in [-0.3, -0.25) is 4.98 Å². The average molecular weight is 383 g/mol. The second-order valence-corrected chi connectivity index (χ2v) is 7.77.